The van der Waals surface area contributed by atoms with Crippen molar-refractivity contribution in [2.24, 2.45) is 5.41 Å². The lowest BCUT2D eigenvalue weighted by Gasteiger charge is -2.34. The number of H-pyrrole nitrogens is 2. The lowest BCUT2D eigenvalue weighted by molar-refractivity contribution is -0.161. The molecular weight excluding hydrogens is 616 g/mol. The number of nitrogens with one attached hydrogen (secondary N) is 4. The van der Waals surface area contributed by atoms with Crippen LogP contribution in [0.3, 0.4) is 0 Å². The maximum Gasteiger partial charge on any atom is 0.330 e. The Balaban J connectivity index is 0.000000214. The lowest BCUT2D eigenvalue weighted by Crippen LogP contribution is -2.43. The molecule has 0 aliphatic carbocycles. The fraction of sp³-hybridized carbons (Fsp3) is 0.677. The van der Waals surface area contributed by atoms with Crippen LogP contribution in [0.4, 0.5) is 0 Å². The van der Waals surface area contributed by atoms with E-state index in [1.165, 1.54) is 33.7 Å². The van der Waals surface area contributed by atoms with Crippen molar-refractivity contribution >= 4 is 11.9 Å². The van der Waals surface area contributed by atoms with Crippen LogP contribution in [0.2, 0.25) is 0 Å². The zero-order valence-corrected chi connectivity index (χ0v) is 27.0. The number of aromatic nitrogens is 4. The standard InChI is InChI=1S/C17H27N3O5.C14H19N3O5/c1-3-17(6-8-18-9-7-17)15(22)25-12-13(24-2)4-10-20-11-5-14(21)19-16(20)23;18-11-5-7-17(14(20)16-11)12-4-3-9(22-12)8-21-13(19)10-2-1-6-15-10/h5,11,13,18H,3-4,6-10,12H2,1-2H3,(H,19,21,23);5,7,9-10,12,15H,1-4,6,8H2,(H,16,18,20). The van der Waals surface area contributed by atoms with E-state index in [-0.39, 0.29) is 43.4 Å². The van der Waals surface area contributed by atoms with Gasteiger partial charge in [-0.2, -0.15) is 0 Å². The first-order valence-corrected chi connectivity index (χ1v) is 16.2. The largest absolute Gasteiger partial charge is 0.463 e. The molecule has 3 aliphatic heterocycles. The first-order valence-electron chi connectivity index (χ1n) is 16.2. The second-order valence-electron chi connectivity index (χ2n) is 12.0. The number of carbonyl (C=O) groups excluding carboxylic acids is 2. The fourth-order valence-corrected chi connectivity index (χ4v) is 5.93. The molecule has 5 heterocycles. The molecule has 16 heteroatoms. The molecule has 3 aliphatic rings. The van der Waals surface area contributed by atoms with Gasteiger partial charge in [0.2, 0.25) is 0 Å². The van der Waals surface area contributed by atoms with Crippen molar-refractivity contribution in [3.8, 4) is 0 Å². The summed E-state index contributed by atoms with van der Waals surface area (Å²) in [4.78, 5) is 74.2. The topological polar surface area (TPSA) is 205 Å². The number of hydrogen-bond acceptors (Lipinski definition) is 12. The number of aromatic amines is 2. The minimum atomic E-state index is -0.495. The summed E-state index contributed by atoms with van der Waals surface area (Å²) in [5, 5.41) is 6.35. The molecule has 260 valence electrons. The second-order valence-corrected chi connectivity index (χ2v) is 12.0. The van der Waals surface area contributed by atoms with Crippen molar-refractivity contribution in [3.63, 3.8) is 0 Å². The zero-order valence-electron chi connectivity index (χ0n) is 27.0. The van der Waals surface area contributed by atoms with Gasteiger partial charge in [-0.3, -0.25) is 33.7 Å². The van der Waals surface area contributed by atoms with E-state index in [4.69, 9.17) is 18.9 Å². The SMILES string of the molecule is CCC1(C(=O)OCC(CCn2ccc(=O)[nH]c2=O)OC)CCNCC1.O=C(OCC1CCC(n2ccc(=O)[nH]c2=O)O1)C1CCCN1. The van der Waals surface area contributed by atoms with Crippen LogP contribution in [0.5, 0.6) is 0 Å². The number of rotatable bonds is 12. The summed E-state index contributed by atoms with van der Waals surface area (Å²) in [5.41, 5.74) is -2.22. The highest BCUT2D eigenvalue weighted by atomic mass is 16.6. The summed E-state index contributed by atoms with van der Waals surface area (Å²) in [6.07, 6.45) is 7.84. The average molecular weight is 663 g/mol. The van der Waals surface area contributed by atoms with Crippen molar-refractivity contribution in [2.45, 2.75) is 89.3 Å². The van der Waals surface area contributed by atoms with Crippen LogP contribution in [-0.4, -0.2) is 89.2 Å². The summed E-state index contributed by atoms with van der Waals surface area (Å²) in [7, 11) is 1.55. The van der Waals surface area contributed by atoms with Gasteiger partial charge in [0.15, 0.2) is 0 Å². The number of nitrogens with zero attached hydrogens (tertiary/aromatic N) is 2. The van der Waals surface area contributed by atoms with Gasteiger partial charge in [-0.1, -0.05) is 6.92 Å². The molecule has 0 radical (unpaired) electrons. The first-order chi connectivity index (χ1) is 22.6. The second kappa shape index (κ2) is 17.3. The highest BCUT2D eigenvalue weighted by molar-refractivity contribution is 5.77. The molecule has 0 aromatic carbocycles. The van der Waals surface area contributed by atoms with Gasteiger partial charge >= 0.3 is 23.3 Å². The summed E-state index contributed by atoms with van der Waals surface area (Å²) in [6.45, 7) is 5.22. The number of ether oxygens (including phenoxy) is 4. The van der Waals surface area contributed by atoms with Crippen LogP contribution in [-0.2, 0) is 35.1 Å². The molecule has 2 aromatic rings. The van der Waals surface area contributed by atoms with Crippen LogP contribution < -0.4 is 33.1 Å². The molecule has 5 rings (SSSR count). The number of piperidine rings is 1. The maximum atomic E-state index is 12.5. The Labute approximate surface area is 271 Å². The number of carbonyl (C=O) groups is 2. The molecule has 4 atom stereocenters. The van der Waals surface area contributed by atoms with Gasteiger partial charge in [-0.15, -0.1) is 0 Å². The Morgan fingerprint density at radius 1 is 0.979 bits per heavy atom. The molecule has 4 unspecified atom stereocenters. The first kappa shape index (κ1) is 36.0. The number of aryl methyl sites for hydroxylation is 1. The normalized spacial score (nSPS) is 22.6. The summed E-state index contributed by atoms with van der Waals surface area (Å²) < 4.78 is 24.6. The monoisotopic (exact) mass is 662 g/mol. The molecule has 0 amide bonds. The minimum absolute atomic E-state index is 0.155. The molecule has 3 saturated heterocycles. The van der Waals surface area contributed by atoms with E-state index in [0.717, 1.165) is 51.7 Å². The molecule has 3 fully saturated rings. The maximum absolute atomic E-state index is 12.5. The van der Waals surface area contributed by atoms with E-state index in [9.17, 15) is 28.8 Å². The predicted molar refractivity (Wildman–Crippen MR) is 169 cm³/mol. The van der Waals surface area contributed by atoms with Crippen LogP contribution in [0.15, 0.2) is 43.7 Å². The summed E-state index contributed by atoms with van der Waals surface area (Å²) in [6, 6.07) is 2.37. The zero-order chi connectivity index (χ0) is 33.8. The third-order valence-corrected chi connectivity index (χ3v) is 9.00. The molecular formula is C31H46N6O10. The van der Waals surface area contributed by atoms with Crippen LogP contribution in [0.25, 0.3) is 0 Å². The van der Waals surface area contributed by atoms with Gasteiger partial charge in [0.05, 0.1) is 17.6 Å². The van der Waals surface area contributed by atoms with Gasteiger partial charge in [0, 0.05) is 38.2 Å². The number of hydrogen-bond donors (Lipinski definition) is 4. The Kier molecular flexibility index (Phi) is 13.3. The van der Waals surface area contributed by atoms with Crippen molar-refractivity contribution in [2.75, 3.05) is 40.0 Å². The van der Waals surface area contributed by atoms with Gasteiger partial charge in [0.1, 0.15) is 25.5 Å². The van der Waals surface area contributed by atoms with E-state index in [0.29, 0.717) is 25.8 Å². The van der Waals surface area contributed by atoms with E-state index in [2.05, 4.69) is 20.6 Å². The van der Waals surface area contributed by atoms with Crippen molar-refractivity contribution in [3.05, 3.63) is 66.2 Å². The molecule has 47 heavy (non-hydrogen) atoms. The smallest absolute Gasteiger partial charge is 0.330 e. The molecule has 0 spiro atoms. The van der Waals surface area contributed by atoms with Crippen molar-refractivity contribution in [1.82, 2.24) is 29.7 Å². The van der Waals surface area contributed by atoms with Gasteiger partial charge in [-0.05, 0) is 71.0 Å². The Morgan fingerprint density at radius 3 is 2.34 bits per heavy atom. The highest BCUT2D eigenvalue weighted by Crippen LogP contribution is 2.34. The highest BCUT2D eigenvalue weighted by Gasteiger charge is 2.39. The third-order valence-electron chi connectivity index (χ3n) is 9.00. The Bertz CT molecular complexity index is 1550. The van der Waals surface area contributed by atoms with Crippen molar-refractivity contribution < 1.29 is 28.5 Å². The summed E-state index contributed by atoms with van der Waals surface area (Å²) >= 11 is 0. The predicted octanol–water partition coefficient (Wildman–Crippen LogP) is -0.226. The lowest BCUT2D eigenvalue weighted by atomic mass is 9.77. The third kappa shape index (κ3) is 10.1. The van der Waals surface area contributed by atoms with E-state index < -0.39 is 34.1 Å². The van der Waals surface area contributed by atoms with Gasteiger partial charge in [-0.25, -0.2) is 9.59 Å². The van der Waals surface area contributed by atoms with Crippen LogP contribution >= 0.6 is 0 Å². The van der Waals surface area contributed by atoms with E-state index >= 15 is 0 Å². The quantitative estimate of drug-likeness (QED) is 0.218. The van der Waals surface area contributed by atoms with Gasteiger partial charge in [0.25, 0.3) is 11.1 Å². The van der Waals surface area contributed by atoms with Crippen LogP contribution in [0.1, 0.15) is 64.5 Å². The van der Waals surface area contributed by atoms with E-state index in [1.807, 2.05) is 6.92 Å². The number of methoxy groups -OCH3 is 1. The number of esters is 2. The van der Waals surface area contributed by atoms with Gasteiger partial charge < -0.3 is 34.1 Å². The van der Waals surface area contributed by atoms with Crippen molar-refractivity contribution in [1.29, 1.82) is 0 Å². The Hall–Kier alpha value is -3.86. The average Bonchev–Trinajstić information content (AvgIpc) is 3.78. The molecule has 4 N–H and O–H groups in total. The Morgan fingerprint density at radius 2 is 1.70 bits per heavy atom. The fourth-order valence-electron chi connectivity index (χ4n) is 5.93. The van der Waals surface area contributed by atoms with Crippen LogP contribution in [0, 0.1) is 5.41 Å². The molecule has 0 bridgehead atoms. The van der Waals surface area contributed by atoms with E-state index in [1.54, 1.807) is 7.11 Å². The molecule has 16 nitrogen and oxygen atoms in total. The molecule has 0 saturated carbocycles. The minimum Gasteiger partial charge on any atom is -0.463 e. The molecule has 2 aromatic heterocycles. The summed E-state index contributed by atoms with van der Waals surface area (Å²) in [5.74, 6) is -0.412.